The fraction of sp³-hybridized carbons (Fsp3) is 0.148. The minimum Gasteiger partial charge on any atom is -0.252 e. The molecule has 0 aliphatic carbocycles. The van der Waals surface area contributed by atoms with Crippen molar-refractivity contribution in [2.24, 2.45) is 0 Å². The molecule has 0 spiro atoms. The molecular weight excluding hydrogens is 741 g/mol. The largest absolute Gasteiger partial charge is 0.252 e. The highest BCUT2D eigenvalue weighted by atomic mass is 32.1. The molecule has 0 saturated carbocycles. The van der Waals surface area contributed by atoms with Crippen LogP contribution >= 0.6 is 22.7 Å². The molecular formula is C54H42N2S2. The van der Waals surface area contributed by atoms with Gasteiger partial charge in [0.15, 0.2) is 0 Å². The van der Waals surface area contributed by atoms with Gasteiger partial charge in [0.25, 0.3) is 0 Å². The molecule has 0 saturated heterocycles. The predicted octanol–water partition coefficient (Wildman–Crippen LogP) is 16.3. The van der Waals surface area contributed by atoms with Gasteiger partial charge in [-0.25, -0.2) is 4.98 Å². The zero-order valence-electron chi connectivity index (χ0n) is 33.6. The number of hydrogen-bond acceptors (Lipinski definition) is 4. The predicted molar refractivity (Wildman–Crippen MR) is 254 cm³/mol. The van der Waals surface area contributed by atoms with Crippen LogP contribution in [0.3, 0.4) is 0 Å². The zero-order chi connectivity index (χ0) is 39.5. The molecule has 280 valence electrons. The lowest BCUT2D eigenvalue weighted by Crippen LogP contribution is -2.10. The second-order valence-electron chi connectivity index (χ2n) is 17.8. The maximum Gasteiger partial charge on any atom is 0.0979 e. The van der Waals surface area contributed by atoms with E-state index in [1.165, 1.54) is 84.5 Å². The highest BCUT2D eigenvalue weighted by Crippen LogP contribution is 2.48. The molecule has 58 heavy (non-hydrogen) atoms. The molecule has 0 fully saturated rings. The van der Waals surface area contributed by atoms with Crippen LogP contribution in [0.5, 0.6) is 0 Å². The van der Waals surface area contributed by atoms with Gasteiger partial charge in [0.05, 0.1) is 22.9 Å². The van der Waals surface area contributed by atoms with Crippen LogP contribution in [0, 0.1) is 0 Å². The molecule has 0 radical (unpaired) electrons. The molecule has 3 aromatic heterocycles. The van der Waals surface area contributed by atoms with Crippen LogP contribution in [0.2, 0.25) is 0 Å². The van der Waals surface area contributed by atoms with E-state index in [1.807, 2.05) is 28.9 Å². The standard InChI is InChI=1S/C54H42N2S2/c1-53(2,3)44-25-13-23-42-40-21-11-19-34(49(40)57-51(42)44)31-27-32(35-20-12-22-41-43-24-14-26-45(54(4,5)6)52(43)58-50(35)41)29-33(28-31)46-30-55-47-38-17-9-7-15-36(38)37-16-8-10-18-39(37)48(47)56-46/h7-30H,1-6H3. The second-order valence-corrected chi connectivity index (χ2v) is 19.8. The summed E-state index contributed by atoms with van der Waals surface area (Å²) < 4.78 is 5.37. The minimum atomic E-state index is 0.0354. The van der Waals surface area contributed by atoms with E-state index < -0.39 is 0 Å². The van der Waals surface area contributed by atoms with E-state index >= 15 is 0 Å². The molecule has 11 aromatic rings. The zero-order valence-corrected chi connectivity index (χ0v) is 35.2. The van der Waals surface area contributed by atoms with Crippen molar-refractivity contribution in [1.29, 1.82) is 0 Å². The van der Waals surface area contributed by atoms with Crippen LogP contribution in [0.15, 0.2) is 146 Å². The van der Waals surface area contributed by atoms with Gasteiger partial charge >= 0.3 is 0 Å². The number of benzene rings is 8. The van der Waals surface area contributed by atoms with Crippen LogP contribution in [0.1, 0.15) is 52.7 Å². The van der Waals surface area contributed by atoms with E-state index in [0.29, 0.717) is 0 Å². The lowest BCUT2D eigenvalue weighted by molar-refractivity contribution is 0.596. The highest BCUT2D eigenvalue weighted by Gasteiger charge is 2.23. The number of nitrogens with zero attached hydrogens (tertiary/aromatic N) is 2. The maximum absolute atomic E-state index is 5.51. The molecule has 0 bridgehead atoms. The molecule has 2 nitrogen and oxygen atoms in total. The Hall–Kier alpha value is -5.94. The first-order chi connectivity index (χ1) is 28.0. The molecule has 3 heterocycles. The molecule has 0 unspecified atom stereocenters. The first-order valence-electron chi connectivity index (χ1n) is 20.1. The van der Waals surface area contributed by atoms with E-state index in [-0.39, 0.29) is 10.8 Å². The van der Waals surface area contributed by atoms with Crippen LogP contribution in [-0.2, 0) is 10.8 Å². The van der Waals surface area contributed by atoms with E-state index in [0.717, 1.165) is 33.1 Å². The van der Waals surface area contributed by atoms with Gasteiger partial charge in [-0.1, -0.05) is 163 Å². The topological polar surface area (TPSA) is 25.8 Å². The Kier molecular flexibility index (Phi) is 7.77. The van der Waals surface area contributed by atoms with Crippen LogP contribution in [0.25, 0.3) is 106 Å². The minimum absolute atomic E-state index is 0.0354. The average molecular weight is 783 g/mol. The fourth-order valence-corrected chi connectivity index (χ4v) is 12.2. The van der Waals surface area contributed by atoms with Crippen molar-refractivity contribution in [3.05, 3.63) is 157 Å². The van der Waals surface area contributed by atoms with Crippen molar-refractivity contribution in [3.63, 3.8) is 0 Å². The summed E-state index contributed by atoms with van der Waals surface area (Å²) in [6, 6.07) is 51.6. The van der Waals surface area contributed by atoms with Crippen molar-refractivity contribution in [2.45, 2.75) is 52.4 Å². The molecule has 0 aliphatic rings. The summed E-state index contributed by atoms with van der Waals surface area (Å²) in [5.41, 5.74) is 11.5. The third-order valence-electron chi connectivity index (χ3n) is 11.9. The summed E-state index contributed by atoms with van der Waals surface area (Å²) in [6.45, 7) is 13.9. The number of thiophene rings is 2. The highest BCUT2D eigenvalue weighted by molar-refractivity contribution is 7.27. The van der Waals surface area contributed by atoms with E-state index in [9.17, 15) is 0 Å². The summed E-state index contributed by atoms with van der Waals surface area (Å²) in [6.07, 6.45) is 1.98. The van der Waals surface area contributed by atoms with Crippen LogP contribution in [0.4, 0.5) is 0 Å². The Labute approximate surface area is 346 Å². The molecule has 8 aromatic carbocycles. The smallest absolute Gasteiger partial charge is 0.0979 e. The van der Waals surface area contributed by atoms with Crippen molar-refractivity contribution in [3.8, 4) is 33.5 Å². The Morgan fingerprint density at radius 3 is 1.26 bits per heavy atom. The third kappa shape index (κ3) is 5.42. The molecule has 0 aliphatic heterocycles. The summed E-state index contributed by atoms with van der Waals surface area (Å²) >= 11 is 3.86. The van der Waals surface area contributed by atoms with Crippen LogP contribution < -0.4 is 0 Å². The number of hydrogen-bond donors (Lipinski definition) is 0. The Balaban J connectivity index is 1.21. The summed E-state index contributed by atoms with van der Waals surface area (Å²) in [5.74, 6) is 0. The molecule has 4 heteroatoms. The van der Waals surface area contributed by atoms with E-state index in [1.54, 1.807) is 0 Å². The van der Waals surface area contributed by atoms with Crippen LogP contribution in [-0.4, -0.2) is 9.97 Å². The first kappa shape index (κ1) is 35.2. The van der Waals surface area contributed by atoms with Gasteiger partial charge in [-0.3, -0.25) is 4.98 Å². The van der Waals surface area contributed by atoms with Crippen molar-refractivity contribution in [1.82, 2.24) is 9.97 Å². The van der Waals surface area contributed by atoms with Gasteiger partial charge < -0.3 is 0 Å². The SMILES string of the molecule is CC(C)(C)c1cccc2c1sc1c(-c3cc(-c4cnc5c6ccccc6c6ccccc6c5n4)cc(-c4cccc5c4sc4c(C(C)(C)C)cccc45)c3)cccc12. The second kappa shape index (κ2) is 12.8. The number of aromatic nitrogens is 2. The van der Waals surface area contributed by atoms with Gasteiger partial charge in [-0.2, -0.15) is 0 Å². The van der Waals surface area contributed by atoms with Gasteiger partial charge in [-0.05, 0) is 73.2 Å². The van der Waals surface area contributed by atoms with Gasteiger partial charge in [0, 0.05) is 56.7 Å². The summed E-state index contributed by atoms with van der Waals surface area (Å²) in [7, 11) is 0. The van der Waals surface area contributed by atoms with Gasteiger partial charge in [-0.15, -0.1) is 22.7 Å². The fourth-order valence-electron chi connectivity index (χ4n) is 9.12. The Morgan fingerprint density at radius 1 is 0.379 bits per heavy atom. The lowest BCUT2D eigenvalue weighted by atomic mass is 9.86. The number of rotatable bonds is 3. The quantitative estimate of drug-likeness (QED) is 0.167. The normalized spacial score (nSPS) is 12.7. The van der Waals surface area contributed by atoms with E-state index in [2.05, 4.69) is 181 Å². The Morgan fingerprint density at radius 2 is 0.776 bits per heavy atom. The van der Waals surface area contributed by atoms with Crippen molar-refractivity contribution >= 4 is 95.6 Å². The van der Waals surface area contributed by atoms with Gasteiger partial charge in [0.2, 0.25) is 0 Å². The monoisotopic (exact) mass is 782 g/mol. The summed E-state index contributed by atoms with van der Waals surface area (Å²) in [4.78, 5) is 10.7. The van der Waals surface area contributed by atoms with Crippen molar-refractivity contribution < 1.29 is 0 Å². The molecule has 0 N–H and O–H groups in total. The average Bonchev–Trinajstić information content (AvgIpc) is 3.81. The first-order valence-corrected chi connectivity index (χ1v) is 21.8. The van der Waals surface area contributed by atoms with Crippen molar-refractivity contribution in [2.75, 3.05) is 0 Å². The maximum atomic E-state index is 5.51. The molecule has 0 amide bonds. The number of fused-ring (bicyclic) bond motifs is 12. The van der Waals surface area contributed by atoms with E-state index in [4.69, 9.17) is 9.97 Å². The Bertz CT molecular complexity index is 3290. The molecule has 0 atom stereocenters. The van der Waals surface area contributed by atoms with Gasteiger partial charge in [0.1, 0.15) is 0 Å². The summed E-state index contributed by atoms with van der Waals surface area (Å²) in [5, 5.41) is 9.92. The lowest BCUT2D eigenvalue weighted by Gasteiger charge is -2.19. The third-order valence-corrected chi connectivity index (χ3v) is 14.5. The molecule has 11 rings (SSSR count).